The Balaban J connectivity index is 0.00000242. The number of hydrogen-bond donors (Lipinski definition) is 1. The zero-order chi connectivity index (χ0) is 14.9. The van der Waals surface area contributed by atoms with Crippen molar-refractivity contribution in [1.82, 2.24) is 5.32 Å². The molecule has 0 radical (unpaired) electrons. The van der Waals surface area contributed by atoms with E-state index in [-0.39, 0.29) is 12.4 Å². The molecule has 3 nitrogen and oxygen atoms in total. The van der Waals surface area contributed by atoms with Gasteiger partial charge in [0.2, 0.25) is 0 Å². The standard InChI is InChI=1S/C17H21NO2S.ClH/c1-3-9-18-12-14-7-8-16(17(11-14)19-4-2)20-13-15-6-5-10-21-15;/h3,5-8,10-11,18H,1,4,9,12-13H2,2H3;1H. The minimum atomic E-state index is 0. The van der Waals surface area contributed by atoms with Gasteiger partial charge in [-0.1, -0.05) is 18.2 Å². The quantitative estimate of drug-likeness (QED) is 0.541. The van der Waals surface area contributed by atoms with Gasteiger partial charge in [0.15, 0.2) is 11.5 Å². The summed E-state index contributed by atoms with van der Waals surface area (Å²) in [6.45, 7) is 8.45. The summed E-state index contributed by atoms with van der Waals surface area (Å²) < 4.78 is 11.5. The first-order valence-corrected chi connectivity index (χ1v) is 7.94. The number of rotatable bonds is 9. The highest BCUT2D eigenvalue weighted by molar-refractivity contribution is 7.09. The van der Waals surface area contributed by atoms with Gasteiger partial charge < -0.3 is 14.8 Å². The van der Waals surface area contributed by atoms with Crippen LogP contribution in [0.1, 0.15) is 17.4 Å². The number of nitrogens with one attached hydrogen (secondary N) is 1. The minimum absolute atomic E-state index is 0. The molecule has 0 saturated carbocycles. The molecule has 0 fully saturated rings. The van der Waals surface area contributed by atoms with Crippen molar-refractivity contribution in [3.63, 3.8) is 0 Å². The van der Waals surface area contributed by atoms with E-state index in [2.05, 4.69) is 29.4 Å². The zero-order valence-electron chi connectivity index (χ0n) is 12.7. The molecule has 0 aliphatic rings. The van der Waals surface area contributed by atoms with Crippen LogP contribution in [-0.4, -0.2) is 13.2 Å². The SMILES string of the molecule is C=CCNCc1ccc(OCc2cccs2)c(OCC)c1.Cl. The number of hydrogen-bond acceptors (Lipinski definition) is 4. The van der Waals surface area contributed by atoms with Gasteiger partial charge >= 0.3 is 0 Å². The maximum Gasteiger partial charge on any atom is 0.161 e. The maximum atomic E-state index is 5.86. The highest BCUT2D eigenvalue weighted by Gasteiger charge is 2.07. The van der Waals surface area contributed by atoms with Crippen LogP contribution in [0.25, 0.3) is 0 Å². The minimum Gasteiger partial charge on any atom is -0.490 e. The number of benzene rings is 1. The molecule has 1 aromatic heterocycles. The molecule has 0 unspecified atom stereocenters. The Hall–Kier alpha value is -1.49. The molecule has 0 bridgehead atoms. The predicted octanol–water partition coefficient (Wildman–Crippen LogP) is 4.42. The fraction of sp³-hybridized carbons (Fsp3) is 0.294. The van der Waals surface area contributed by atoms with E-state index in [1.165, 1.54) is 10.4 Å². The van der Waals surface area contributed by atoms with E-state index in [1.807, 2.05) is 31.2 Å². The van der Waals surface area contributed by atoms with Gasteiger partial charge in [-0.3, -0.25) is 0 Å². The van der Waals surface area contributed by atoms with Gasteiger partial charge in [0.25, 0.3) is 0 Å². The van der Waals surface area contributed by atoms with Crippen molar-refractivity contribution in [3.05, 3.63) is 58.8 Å². The molecule has 2 rings (SSSR count). The average molecular weight is 340 g/mol. The van der Waals surface area contributed by atoms with E-state index in [0.29, 0.717) is 13.2 Å². The van der Waals surface area contributed by atoms with E-state index < -0.39 is 0 Å². The largest absolute Gasteiger partial charge is 0.490 e. The van der Waals surface area contributed by atoms with E-state index >= 15 is 0 Å². The van der Waals surface area contributed by atoms with Crippen molar-refractivity contribution in [2.45, 2.75) is 20.1 Å². The van der Waals surface area contributed by atoms with Crippen LogP contribution in [0.15, 0.2) is 48.4 Å². The number of ether oxygens (including phenoxy) is 2. The molecule has 5 heteroatoms. The summed E-state index contributed by atoms with van der Waals surface area (Å²) in [4.78, 5) is 1.20. The van der Waals surface area contributed by atoms with Crippen molar-refractivity contribution >= 4 is 23.7 Å². The molecular weight excluding hydrogens is 318 g/mol. The molecule has 120 valence electrons. The molecule has 22 heavy (non-hydrogen) atoms. The van der Waals surface area contributed by atoms with E-state index in [9.17, 15) is 0 Å². The third-order valence-corrected chi connectivity index (χ3v) is 3.73. The monoisotopic (exact) mass is 339 g/mol. The van der Waals surface area contributed by atoms with Crippen LogP contribution >= 0.6 is 23.7 Å². The first kappa shape index (κ1) is 18.6. The van der Waals surface area contributed by atoms with Crippen molar-refractivity contribution in [1.29, 1.82) is 0 Å². The van der Waals surface area contributed by atoms with Gasteiger partial charge in [0.05, 0.1) is 6.61 Å². The Labute approximate surface area is 142 Å². The van der Waals surface area contributed by atoms with Gasteiger partial charge in [0, 0.05) is 18.0 Å². The second-order valence-electron chi connectivity index (χ2n) is 4.50. The lowest BCUT2D eigenvalue weighted by Crippen LogP contribution is -2.12. The van der Waals surface area contributed by atoms with E-state index in [1.54, 1.807) is 11.3 Å². The fourth-order valence-electron chi connectivity index (χ4n) is 1.91. The predicted molar refractivity (Wildman–Crippen MR) is 95.4 cm³/mol. The Morgan fingerprint density at radius 1 is 1.23 bits per heavy atom. The molecule has 0 amide bonds. The first-order chi connectivity index (χ1) is 10.3. The van der Waals surface area contributed by atoms with Crippen LogP contribution in [0.4, 0.5) is 0 Å². The zero-order valence-corrected chi connectivity index (χ0v) is 14.3. The van der Waals surface area contributed by atoms with E-state index in [0.717, 1.165) is 24.6 Å². The van der Waals surface area contributed by atoms with Crippen molar-refractivity contribution in [2.75, 3.05) is 13.2 Å². The lowest BCUT2D eigenvalue weighted by Gasteiger charge is -2.13. The fourth-order valence-corrected chi connectivity index (χ4v) is 2.53. The Morgan fingerprint density at radius 3 is 2.77 bits per heavy atom. The third-order valence-electron chi connectivity index (χ3n) is 2.88. The lowest BCUT2D eigenvalue weighted by atomic mass is 10.2. The Morgan fingerprint density at radius 2 is 2.09 bits per heavy atom. The second-order valence-corrected chi connectivity index (χ2v) is 5.53. The third kappa shape index (κ3) is 5.72. The smallest absolute Gasteiger partial charge is 0.161 e. The highest BCUT2D eigenvalue weighted by Crippen LogP contribution is 2.29. The summed E-state index contributed by atoms with van der Waals surface area (Å²) in [5.74, 6) is 1.59. The Kier molecular flexibility index (Phi) is 8.67. The summed E-state index contributed by atoms with van der Waals surface area (Å²) in [5, 5.41) is 5.33. The molecule has 0 aliphatic heterocycles. The van der Waals surface area contributed by atoms with Crippen LogP contribution in [0.3, 0.4) is 0 Å². The molecule has 0 aliphatic carbocycles. The van der Waals surface area contributed by atoms with Gasteiger partial charge in [-0.05, 0) is 36.1 Å². The molecule has 0 atom stereocenters. The topological polar surface area (TPSA) is 30.5 Å². The Bertz CT molecular complexity index is 558. The summed E-state index contributed by atoms with van der Waals surface area (Å²) in [5.41, 5.74) is 1.17. The van der Waals surface area contributed by atoms with Crippen LogP contribution in [0, 0.1) is 0 Å². The number of halogens is 1. The van der Waals surface area contributed by atoms with Gasteiger partial charge in [-0.15, -0.1) is 30.3 Å². The molecule has 0 spiro atoms. The molecular formula is C17H22ClNO2S. The molecule has 1 aromatic carbocycles. The van der Waals surface area contributed by atoms with Crippen molar-refractivity contribution in [2.24, 2.45) is 0 Å². The molecule has 2 aromatic rings. The van der Waals surface area contributed by atoms with Crippen molar-refractivity contribution in [3.8, 4) is 11.5 Å². The van der Waals surface area contributed by atoms with Crippen LogP contribution in [-0.2, 0) is 13.2 Å². The average Bonchev–Trinajstić information content (AvgIpc) is 3.00. The van der Waals surface area contributed by atoms with Gasteiger partial charge in [-0.25, -0.2) is 0 Å². The highest BCUT2D eigenvalue weighted by atomic mass is 35.5. The molecule has 0 saturated heterocycles. The molecule has 1 N–H and O–H groups in total. The van der Waals surface area contributed by atoms with Crippen molar-refractivity contribution < 1.29 is 9.47 Å². The molecule has 1 heterocycles. The summed E-state index contributed by atoms with van der Waals surface area (Å²) >= 11 is 1.69. The van der Waals surface area contributed by atoms with Crippen LogP contribution in [0.2, 0.25) is 0 Å². The van der Waals surface area contributed by atoms with Gasteiger partial charge in [0.1, 0.15) is 6.61 Å². The van der Waals surface area contributed by atoms with Crippen LogP contribution in [0.5, 0.6) is 11.5 Å². The lowest BCUT2D eigenvalue weighted by molar-refractivity contribution is 0.271. The first-order valence-electron chi connectivity index (χ1n) is 7.06. The van der Waals surface area contributed by atoms with Crippen LogP contribution < -0.4 is 14.8 Å². The van der Waals surface area contributed by atoms with Gasteiger partial charge in [-0.2, -0.15) is 0 Å². The summed E-state index contributed by atoms with van der Waals surface area (Å²) in [7, 11) is 0. The summed E-state index contributed by atoms with van der Waals surface area (Å²) in [6, 6.07) is 10.2. The second kappa shape index (κ2) is 10.3. The number of thiophene rings is 1. The van der Waals surface area contributed by atoms with E-state index in [4.69, 9.17) is 9.47 Å². The maximum absolute atomic E-state index is 5.86. The summed E-state index contributed by atoms with van der Waals surface area (Å²) in [6.07, 6.45) is 1.85. The normalized spacial score (nSPS) is 9.86.